The van der Waals surface area contributed by atoms with Crippen LogP contribution in [-0.2, 0) is 6.54 Å². The van der Waals surface area contributed by atoms with Crippen molar-refractivity contribution in [2.75, 3.05) is 13.1 Å². The van der Waals surface area contributed by atoms with Crippen molar-refractivity contribution in [3.8, 4) is 11.1 Å². The van der Waals surface area contributed by atoms with Gasteiger partial charge in [-0.25, -0.2) is 18.6 Å². The van der Waals surface area contributed by atoms with Gasteiger partial charge in [0.1, 0.15) is 0 Å². The van der Waals surface area contributed by atoms with Crippen molar-refractivity contribution in [1.82, 2.24) is 9.88 Å². The summed E-state index contributed by atoms with van der Waals surface area (Å²) >= 11 is 6.21. The number of carboxylic acid groups (broad SMARTS) is 1. The van der Waals surface area contributed by atoms with Crippen LogP contribution in [0.3, 0.4) is 0 Å². The Kier molecular flexibility index (Phi) is 5.23. The molecule has 0 unspecified atom stereocenters. The molecule has 4 nitrogen and oxygen atoms in total. The molecular weight excluding hydrogens is 398 g/mol. The third-order valence-corrected chi connectivity index (χ3v) is 5.52. The predicted octanol–water partition coefficient (Wildman–Crippen LogP) is 5.48. The van der Waals surface area contributed by atoms with Gasteiger partial charge in [0.05, 0.1) is 5.52 Å². The molecule has 1 aliphatic rings. The summed E-state index contributed by atoms with van der Waals surface area (Å²) in [5.41, 5.74) is 2.43. The number of halogens is 3. The van der Waals surface area contributed by atoms with Crippen LogP contribution in [0.15, 0.2) is 48.5 Å². The average molecular weight is 417 g/mol. The van der Waals surface area contributed by atoms with Gasteiger partial charge in [0.25, 0.3) is 5.92 Å². The fraction of sp³-hybridized carbons (Fsp3) is 0.273. The maximum absolute atomic E-state index is 13.6. The maximum Gasteiger partial charge on any atom is 0.355 e. The van der Waals surface area contributed by atoms with Gasteiger partial charge in [-0.1, -0.05) is 41.9 Å². The zero-order chi connectivity index (χ0) is 20.6. The number of rotatable bonds is 4. The molecule has 0 bridgehead atoms. The summed E-state index contributed by atoms with van der Waals surface area (Å²) in [5.74, 6) is -3.78. The number of aromatic carboxylic acids is 1. The first-order valence-electron chi connectivity index (χ1n) is 9.35. The number of likely N-dealkylation sites (tertiary alicyclic amines) is 1. The van der Waals surface area contributed by atoms with E-state index in [1.165, 1.54) is 0 Å². The molecule has 2 aromatic carbocycles. The monoisotopic (exact) mass is 416 g/mol. The first-order chi connectivity index (χ1) is 13.8. The first-order valence-corrected chi connectivity index (χ1v) is 9.73. The molecule has 0 radical (unpaired) electrons. The van der Waals surface area contributed by atoms with Crippen LogP contribution < -0.4 is 0 Å². The molecule has 0 saturated carbocycles. The zero-order valence-electron chi connectivity index (χ0n) is 15.5. The quantitative estimate of drug-likeness (QED) is 0.611. The van der Waals surface area contributed by atoms with Gasteiger partial charge >= 0.3 is 5.97 Å². The number of nitrogens with zero attached hydrogens (tertiary/aromatic N) is 2. The smallest absolute Gasteiger partial charge is 0.355 e. The Labute approximate surface area is 171 Å². The van der Waals surface area contributed by atoms with Crippen molar-refractivity contribution in [2.45, 2.75) is 25.3 Å². The van der Waals surface area contributed by atoms with E-state index in [2.05, 4.69) is 4.98 Å². The number of fused-ring (bicyclic) bond motifs is 1. The highest BCUT2D eigenvalue weighted by Crippen LogP contribution is 2.36. The SMILES string of the molecule is O=C(O)c1nc2ccc(Cl)cc2c(CN2CCC(F)(F)CC2)c1-c1ccccc1. The number of benzene rings is 2. The number of aromatic nitrogens is 1. The molecule has 29 heavy (non-hydrogen) atoms. The molecule has 2 heterocycles. The molecule has 1 aromatic heterocycles. The van der Waals surface area contributed by atoms with Crippen molar-refractivity contribution in [3.05, 3.63) is 64.8 Å². The van der Waals surface area contributed by atoms with Crippen LogP contribution in [0.2, 0.25) is 5.02 Å². The second kappa shape index (κ2) is 7.69. The second-order valence-electron chi connectivity index (χ2n) is 7.28. The van der Waals surface area contributed by atoms with Crippen molar-refractivity contribution < 1.29 is 18.7 Å². The molecule has 0 aliphatic carbocycles. The van der Waals surface area contributed by atoms with Crippen LogP contribution in [-0.4, -0.2) is 40.0 Å². The Balaban J connectivity index is 1.91. The lowest BCUT2D eigenvalue weighted by molar-refractivity contribution is -0.0565. The molecule has 1 aliphatic heterocycles. The van der Waals surface area contributed by atoms with Gasteiger partial charge in [-0.15, -0.1) is 0 Å². The van der Waals surface area contributed by atoms with Gasteiger partial charge in [-0.2, -0.15) is 0 Å². The molecule has 4 rings (SSSR count). The summed E-state index contributed by atoms with van der Waals surface area (Å²) in [4.78, 5) is 18.3. The van der Waals surface area contributed by atoms with Crippen LogP contribution in [0.4, 0.5) is 8.78 Å². The van der Waals surface area contributed by atoms with E-state index in [1.54, 1.807) is 18.2 Å². The van der Waals surface area contributed by atoms with E-state index < -0.39 is 11.9 Å². The Morgan fingerprint density at radius 3 is 2.48 bits per heavy atom. The van der Waals surface area contributed by atoms with Crippen molar-refractivity contribution in [2.24, 2.45) is 0 Å². The molecule has 0 atom stereocenters. The number of carboxylic acids is 1. The standard InChI is InChI=1S/C22H19ClF2N2O2/c23-15-6-7-18-16(12-15)17(13-27-10-8-22(24,25)9-11-27)19(20(26-18)21(28)29)14-4-2-1-3-5-14/h1-7,12H,8-11,13H2,(H,28,29). The third kappa shape index (κ3) is 4.09. The largest absolute Gasteiger partial charge is 0.476 e. The van der Waals surface area contributed by atoms with E-state index in [0.717, 1.165) is 16.5 Å². The number of piperidine rings is 1. The number of hydrogen-bond acceptors (Lipinski definition) is 3. The van der Waals surface area contributed by atoms with Gasteiger partial charge in [0, 0.05) is 48.4 Å². The second-order valence-corrected chi connectivity index (χ2v) is 7.72. The van der Waals surface area contributed by atoms with Crippen LogP contribution in [0.25, 0.3) is 22.0 Å². The lowest BCUT2D eigenvalue weighted by Gasteiger charge is -2.32. The summed E-state index contributed by atoms with van der Waals surface area (Å²) in [6.07, 6.45) is -0.410. The highest BCUT2D eigenvalue weighted by Gasteiger charge is 2.34. The Morgan fingerprint density at radius 1 is 1.14 bits per heavy atom. The average Bonchev–Trinajstić information content (AvgIpc) is 2.70. The van der Waals surface area contributed by atoms with Crippen molar-refractivity contribution >= 4 is 28.5 Å². The van der Waals surface area contributed by atoms with Gasteiger partial charge in [-0.3, -0.25) is 4.90 Å². The van der Waals surface area contributed by atoms with Crippen molar-refractivity contribution in [1.29, 1.82) is 0 Å². The van der Waals surface area contributed by atoms with Gasteiger partial charge in [0.2, 0.25) is 0 Å². The minimum absolute atomic E-state index is 0.0524. The highest BCUT2D eigenvalue weighted by molar-refractivity contribution is 6.31. The topological polar surface area (TPSA) is 53.4 Å². The summed E-state index contributed by atoms with van der Waals surface area (Å²) < 4.78 is 27.2. The molecule has 150 valence electrons. The van der Waals surface area contributed by atoms with E-state index in [-0.39, 0.29) is 31.6 Å². The molecule has 7 heteroatoms. The fourth-order valence-corrected chi connectivity index (χ4v) is 3.97. The molecule has 0 amide bonds. The molecular formula is C22H19ClF2N2O2. The zero-order valence-corrected chi connectivity index (χ0v) is 16.3. The minimum atomic E-state index is -2.64. The molecule has 1 saturated heterocycles. The summed E-state index contributed by atoms with van der Waals surface area (Å²) in [6.45, 7) is 0.835. The minimum Gasteiger partial charge on any atom is -0.476 e. The lowest BCUT2D eigenvalue weighted by Crippen LogP contribution is -2.39. The van der Waals surface area contributed by atoms with Crippen LogP contribution in [0.5, 0.6) is 0 Å². The number of carbonyl (C=O) groups is 1. The third-order valence-electron chi connectivity index (χ3n) is 5.29. The van der Waals surface area contributed by atoms with E-state index in [4.69, 9.17) is 11.6 Å². The number of alkyl halides is 2. The molecule has 3 aromatic rings. The summed E-state index contributed by atoms with van der Waals surface area (Å²) in [7, 11) is 0. The van der Waals surface area contributed by atoms with Crippen LogP contribution in [0.1, 0.15) is 28.9 Å². The normalized spacial score (nSPS) is 16.8. The fourth-order valence-electron chi connectivity index (χ4n) is 3.80. The first kappa shape index (κ1) is 19.7. The van der Waals surface area contributed by atoms with E-state index >= 15 is 0 Å². The molecule has 1 fully saturated rings. The highest BCUT2D eigenvalue weighted by atomic mass is 35.5. The Hall–Kier alpha value is -2.57. The lowest BCUT2D eigenvalue weighted by atomic mass is 9.93. The van der Waals surface area contributed by atoms with Gasteiger partial charge < -0.3 is 5.11 Å². The van der Waals surface area contributed by atoms with E-state index in [1.807, 2.05) is 35.2 Å². The summed E-state index contributed by atoms with van der Waals surface area (Å²) in [5, 5.41) is 11.1. The Morgan fingerprint density at radius 2 is 1.83 bits per heavy atom. The number of hydrogen-bond donors (Lipinski definition) is 1. The maximum atomic E-state index is 13.6. The van der Waals surface area contributed by atoms with Crippen LogP contribution in [0, 0.1) is 0 Å². The van der Waals surface area contributed by atoms with Gasteiger partial charge in [0.15, 0.2) is 5.69 Å². The van der Waals surface area contributed by atoms with Crippen LogP contribution >= 0.6 is 11.6 Å². The number of pyridine rings is 1. The van der Waals surface area contributed by atoms with E-state index in [9.17, 15) is 18.7 Å². The van der Waals surface area contributed by atoms with Crippen molar-refractivity contribution in [3.63, 3.8) is 0 Å². The van der Waals surface area contributed by atoms with Gasteiger partial charge in [-0.05, 0) is 29.3 Å². The van der Waals surface area contributed by atoms with E-state index in [0.29, 0.717) is 22.6 Å². The summed E-state index contributed by atoms with van der Waals surface area (Å²) in [6, 6.07) is 14.3. The molecule has 1 N–H and O–H groups in total. The Bertz CT molecular complexity index is 1060. The molecule has 0 spiro atoms. The predicted molar refractivity (Wildman–Crippen MR) is 109 cm³/mol.